The Hall–Kier alpha value is -2.12. The quantitative estimate of drug-likeness (QED) is 0.797. The van der Waals surface area contributed by atoms with Crippen LogP contribution in [0.3, 0.4) is 0 Å². The second-order valence-corrected chi connectivity index (χ2v) is 3.56. The number of carbonyl (C=O) groups is 2. The lowest BCUT2D eigenvalue weighted by atomic mass is 10.1. The Morgan fingerprint density at radius 3 is 2.20 bits per heavy atom. The van der Waals surface area contributed by atoms with Crippen LogP contribution < -0.4 is 0 Å². The van der Waals surface area contributed by atoms with E-state index in [-0.39, 0.29) is 18.8 Å². The number of nitrogens with zero attached hydrogens (tertiary/aromatic N) is 1. The summed E-state index contributed by atoms with van der Waals surface area (Å²) in [6, 6.07) is 0.525. The van der Waals surface area contributed by atoms with Crippen LogP contribution in [0.15, 0.2) is 12.3 Å². The molecule has 8 heteroatoms. The minimum absolute atomic E-state index is 0.0137. The average molecular weight is 291 g/mol. The van der Waals surface area contributed by atoms with Gasteiger partial charge < -0.3 is 9.47 Å². The van der Waals surface area contributed by atoms with E-state index in [1.165, 1.54) is 13.8 Å². The summed E-state index contributed by atoms with van der Waals surface area (Å²) >= 11 is 0. The van der Waals surface area contributed by atoms with Crippen molar-refractivity contribution < 1.29 is 32.2 Å². The first kappa shape index (κ1) is 15.9. The van der Waals surface area contributed by atoms with Crippen molar-refractivity contribution in [2.24, 2.45) is 0 Å². The molecule has 0 aliphatic rings. The Labute approximate surface area is 112 Å². The Balaban J connectivity index is 3.27. The van der Waals surface area contributed by atoms with Crippen LogP contribution in [-0.4, -0.2) is 30.1 Å². The molecule has 1 heterocycles. The minimum Gasteiger partial charge on any atom is -0.462 e. The third kappa shape index (κ3) is 3.69. The number of pyridine rings is 1. The van der Waals surface area contributed by atoms with Gasteiger partial charge in [-0.2, -0.15) is 13.2 Å². The molecule has 0 aromatic carbocycles. The van der Waals surface area contributed by atoms with Gasteiger partial charge in [-0.05, 0) is 19.9 Å². The fraction of sp³-hybridized carbons (Fsp3) is 0.417. The molecular formula is C12H12F3NO4. The van der Waals surface area contributed by atoms with Gasteiger partial charge in [0, 0.05) is 6.20 Å². The van der Waals surface area contributed by atoms with Crippen LogP contribution in [0.4, 0.5) is 13.2 Å². The number of hydrogen-bond donors (Lipinski definition) is 0. The molecule has 1 aromatic heterocycles. The van der Waals surface area contributed by atoms with E-state index in [1.54, 1.807) is 0 Å². The van der Waals surface area contributed by atoms with Crippen molar-refractivity contribution in [1.82, 2.24) is 4.98 Å². The highest BCUT2D eigenvalue weighted by Crippen LogP contribution is 2.32. The van der Waals surface area contributed by atoms with Gasteiger partial charge in [0.15, 0.2) is 5.69 Å². The lowest BCUT2D eigenvalue weighted by molar-refractivity contribution is -0.138. The van der Waals surface area contributed by atoms with Crippen LogP contribution in [0.2, 0.25) is 0 Å². The number of ether oxygens (including phenoxy) is 2. The summed E-state index contributed by atoms with van der Waals surface area (Å²) < 4.78 is 47.7. The highest BCUT2D eigenvalue weighted by atomic mass is 19.4. The van der Waals surface area contributed by atoms with Crippen molar-refractivity contribution in [3.05, 3.63) is 29.1 Å². The molecule has 0 amide bonds. The first-order valence-corrected chi connectivity index (χ1v) is 5.72. The highest BCUT2D eigenvalue weighted by molar-refractivity contribution is 5.93. The number of halogens is 3. The Bertz CT molecular complexity index is 514. The van der Waals surface area contributed by atoms with Crippen molar-refractivity contribution >= 4 is 11.9 Å². The van der Waals surface area contributed by atoms with Crippen molar-refractivity contribution in [2.75, 3.05) is 13.2 Å². The van der Waals surface area contributed by atoms with Gasteiger partial charge in [-0.15, -0.1) is 0 Å². The third-order valence-electron chi connectivity index (χ3n) is 2.17. The summed E-state index contributed by atoms with van der Waals surface area (Å²) in [5.41, 5.74) is -2.60. The van der Waals surface area contributed by atoms with E-state index < -0.39 is 29.4 Å². The average Bonchev–Trinajstić information content (AvgIpc) is 2.37. The molecule has 0 aliphatic heterocycles. The van der Waals surface area contributed by atoms with Crippen LogP contribution >= 0.6 is 0 Å². The van der Waals surface area contributed by atoms with Crippen LogP contribution in [0.25, 0.3) is 0 Å². The van der Waals surface area contributed by atoms with Gasteiger partial charge >= 0.3 is 18.1 Å². The van der Waals surface area contributed by atoms with Crippen molar-refractivity contribution in [3.8, 4) is 0 Å². The predicted molar refractivity (Wildman–Crippen MR) is 61.2 cm³/mol. The monoisotopic (exact) mass is 291 g/mol. The summed E-state index contributed by atoms with van der Waals surface area (Å²) in [5.74, 6) is -2.14. The highest BCUT2D eigenvalue weighted by Gasteiger charge is 2.37. The number of esters is 2. The Morgan fingerprint density at radius 1 is 1.15 bits per heavy atom. The molecule has 0 spiro atoms. The van der Waals surface area contributed by atoms with E-state index in [0.29, 0.717) is 6.07 Å². The number of carbonyl (C=O) groups excluding carboxylic acids is 2. The van der Waals surface area contributed by atoms with E-state index in [9.17, 15) is 22.8 Å². The van der Waals surface area contributed by atoms with Crippen LogP contribution in [0.5, 0.6) is 0 Å². The van der Waals surface area contributed by atoms with Gasteiger partial charge in [-0.3, -0.25) is 0 Å². The van der Waals surface area contributed by atoms with E-state index >= 15 is 0 Å². The van der Waals surface area contributed by atoms with Gasteiger partial charge in [-0.25, -0.2) is 14.6 Å². The molecule has 0 fully saturated rings. The third-order valence-corrected chi connectivity index (χ3v) is 2.17. The molecule has 0 saturated heterocycles. The molecular weight excluding hydrogens is 279 g/mol. The van der Waals surface area contributed by atoms with Gasteiger partial charge in [0.1, 0.15) is 0 Å². The maximum Gasteiger partial charge on any atom is 0.418 e. The molecule has 0 atom stereocenters. The largest absolute Gasteiger partial charge is 0.462 e. The Kier molecular flexibility index (Phi) is 5.06. The fourth-order valence-electron chi connectivity index (χ4n) is 1.37. The van der Waals surface area contributed by atoms with Gasteiger partial charge in [0.2, 0.25) is 0 Å². The lowest BCUT2D eigenvalue weighted by Gasteiger charge is -2.12. The first-order valence-electron chi connectivity index (χ1n) is 5.72. The van der Waals surface area contributed by atoms with Crippen LogP contribution in [-0.2, 0) is 15.7 Å². The first-order chi connectivity index (χ1) is 9.31. The van der Waals surface area contributed by atoms with E-state index in [1.807, 2.05) is 0 Å². The molecule has 0 unspecified atom stereocenters. The number of hydrogen-bond acceptors (Lipinski definition) is 5. The van der Waals surface area contributed by atoms with Crippen molar-refractivity contribution in [3.63, 3.8) is 0 Å². The molecule has 20 heavy (non-hydrogen) atoms. The maximum atomic E-state index is 12.9. The second kappa shape index (κ2) is 6.36. The molecule has 110 valence electrons. The molecule has 0 aliphatic carbocycles. The zero-order valence-electron chi connectivity index (χ0n) is 10.8. The molecule has 0 saturated carbocycles. The van der Waals surface area contributed by atoms with Gasteiger partial charge in [0.25, 0.3) is 0 Å². The standard InChI is InChI=1S/C12H12F3NO4/c1-3-19-10(17)7-5-8(12(13,14)15)9(16-6-7)11(18)20-4-2/h5-6H,3-4H2,1-2H3. The molecule has 1 rings (SSSR count). The minimum atomic E-state index is -4.84. The number of rotatable bonds is 4. The number of alkyl halides is 3. The molecule has 1 aromatic rings. The SMILES string of the molecule is CCOC(=O)c1cnc(C(=O)OCC)c(C(F)(F)F)c1. The van der Waals surface area contributed by atoms with Gasteiger partial charge in [0.05, 0.1) is 24.3 Å². The normalized spacial score (nSPS) is 11.1. The summed E-state index contributed by atoms with van der Waals surface area (Å²) in [5, 5.41) is 0. The zero-order chi connectivity index (χ0) is 15.3. The molecule has 5 nitrogen and oxygen atoms in total. The second-order valence-electron chi connectivity index (χ2n) is 3.56. The zero-order valence-corrected chi connectivity index (χ0v) is 10.8. The fourth-order valence-corrected chi connectivity index (χ4v) is 1.37. The van der Waals surface area contributed by atoms with Crippen LogP contribution in [0, 0.1) is 0 Å². The number of aromatic nitrogens is 1. The molecule has 0 N–H and O–H groups in total. The molecule has 0 radical (unpaired) electrons. The van der Waals surface area contributed by atoms with Crippen LogP contribution in [0.1, 0.15) is 40.3 Å². The summed E-state index contributed by atoms with van der Waals surface area (Å²) in [6.45, 7) is 2.90. The summed E-state index contributed by atoms with van der Waals surface area (Å²) in [7, 11) is 0. The van der Waals surface area contributed by atoms with E-state index in [0.717, 1.165) is 6.20 Å². The van der Waals surface area contributed by atoms with Gasteiger partial charge in [-0.1, -0.05) is 0 Å². The van der Waals surface area contributed by atoms with Crippen molar-refractivity contribution in [2.45, 2.75) is 20.0 Å². The van der Waals surface area contributed by atoms with E-state index in [2.05, 4.69) is 14.5 Å². The smallest absolute Gasteiger partial charge is 0.418 e. The lowest BCUT2D eigenvalue weighted by Crippen LogP contribution is -2.19. The predicted octanol–water partition coefficient (Wildman–Crippen LogP) is 2.45. The van der Waals surface area contributed by atoms with Crippen molar-refractivity contribution in [1.29, 1.82) is 0 Å². The Morgan fingerprint density at radius 2 is 1.70 bits per heavy atom. The summed E-state index contributed by atoms with van der Waals surface area (Å²) in [6.07, 6.45) is -3.99. The van der Waals surface area contributed by atoms with E-state index in [4.69, 9.17) is 0 Å². The molecule has 0 bridgehead atoms. The topological polar surface area (TPSA) is 65.5 Å². The summed E-state index contributed by atoms with van der Waals surface area (Å²) in [4.78, 5) is 26.2. The maximum absolute atomic E-state index is 12.9.